The molecule has 128 valence electrons. The third-order valence-electron chi connectivity index (χ3n) is 4.01. The van der Waals surface area contributed by atoms with Gasteiger partial charge in [-0.15, -0.1) is 0 Å². The first-order valence-electron chi connectivity index (χ1n) is 8.22. The molecule has 1 atom stereocenters. The van der Waals surface area contributed by atoms with E-state index in [0.717, 1.165) is 35.0 Å². The monoisotopic (exact) mass is 338 g/mol. The Kier molecular flexibility index (Phi) is 5.72. The summed E-state index contributed by atoms with van der Waals surface area (Å²) in [4.78, 5) is 0. The number of methoxy groups -OCH3 is 1. The Morgan fingerprint density at radius 1 is 1.22 bits per heavy atom. The van der Waals surface area contributed by atoms with Crippen LogP contribution in [0.25, 0.3) is 5.57 Å². The second-order valence-electron chi connectivity index (χ2n) is 6.14. The van der Waals surface area contributed by atoms with Crippen molar-refractivity contribution in [2.45, 2.75) is 52.6 Å². The average Bonchev–Trinajstić information content (AvgIpc) is 2.70. The van der Waals surface area contributed by atoms with Gasteiger partial charge in [0.25, 0.3) is 0 Å². The molecule has 1 unspecified atom stereocenters. The number of hydrogen-bond acceptors (Lipinski definition) is 4. The van der Waals surface area contributed by atoms with Crippen LogP contribution in [-0.2, 0) is 13.6 Å². The van der Waals surface area contributed by atoms with Crippen LogP contribution in [0.4, 0.5) is 0 Å². The molecular weight excluding hydrogens is 311 g/mol. The van der Waals surface area contributed by atoms with E-state index in [0.29, 0.717) is 13.0 Å². The lowest BCUT2D eigenvalue weighted by atomic mass is 9.89. The zero-order valence-corrected chi connectivity index (χ0v) is 15.6. The molecule has 2 rings (SSSR count). The molecule has 4 nitrogen and oxygen atoms in total. The van der Waals surface area contributed by atoms with Crippen LogP contribution < -0.4 is 4.74 Å². The molecule has 0 saturated carbocycles. The predicted molar refractivity (Wildman–Crippen MR) is 93.8 cm³/mol. The summed E-state index contributed by atoms with van der Waals surface area (Å²) < 4.78 is 30.4. The van der Waals surface area contributed by atoms with Crippen LogP contribution in [0.5, 0.6) is 5.75 Å². The average molecular weight is 338 g/mol. The van der Waals surface area contributed by atoms with E-state index in [1.807, 2.05) is 45.0 Å². The third-order valence-corrected chi connectivity index (χ3v) is 6.42. The summed E-state index contributed by atoms with van der Waals surface area (Å²) in [7, 11) is -1.61. The third kappa shape index (κ3) is 3.55. The highest BCUT2D eigenvalue weighted by Crippen LogP contribution is 2.69. The summed E-state index contributed by atoms with van der Waals surface area (Å²) in [6.45, 7) is 8.21. The van der Waals surface area contributed by atoms with Gasteiger partial charge in [-0.1, -0.05) is 31.5 Å². The summed E-state index contributed by atoms with van der Waals surface area (Å²) in [6, 6.07) is 7.80. The standard InChI is InChI=1S/C18H27O4P/c1-6-8-13-16-17(14-11-9-10-12-15(14)20-5)18(3,4)22-23(16,19)21-7-2/h9-12H,6-8,13H2,1-5H3. The molecule has 0 spiro atoms. The van der Waals surface area contributed by atoms with Gasteiger partial charge in [0, 0.05) is 16.5 Å². The fourth-order valence-corrected chi connectivity index (χ4v) is 5.54. The minimum atomic E-state index is -3.26. The lowest BCUT2D eigenvalue weighted by Gasteiger charge is -2.23. The Hall–Kier alpha value is -1.09. The van der Waals surface area contributed by atoms with E-state index < -0.39 is 13.2 Å². The summed E-state index contributed by atoms with van der Waals surface area (Å²) in [6.07, 6.45) is 2.68. The van der Waals surface area contributed by atoms with Gasteiger partial charge in [-0.2, -0.15) is 0 Å². The molecule has 0 aliphatic carbocycles. The zero-order valence-electron chi connectivity index (χ0n) is 14.7. The van der Waals surface area contributed by atoms with Crippen LogP contribution in [0.3, 0.4) is 0 Å². The van der Waals surface area contributed by atoms with Crippen molar-refractivity contribution in [3.05, 3.63) is 35.1 Å². The highest BCUT2D eigenvalue weighted by Gasteiger charge is 2.49. The Balaban J connectivity index is 2.66. The first kappa shape index (κ1) is 18.3. The number of para-hydroxylation sites is 1. The number of allylic oxidation sites excluding steroid dienone is 1. The highest BCUT2D eigenvalue weighted by molar-refractivity contribution is 7.59. The minimum absolute atomic E-state index is 0.363. The Bertz CT molecular complexity index is 634. The van der Waals surface area contributed by atoms with E-state index in [9.17, 15) is 4.57 Å². The highest BCUT2D eigenvalue weighted by atomic mass is 31.2. The van der Waals surface area contributed by atoms with Crippen LogP contribution in [-0.4, -0.2) is 19.3 Å². The molecule has 0 bridgehead atoms. The van der Waals surface area contributed by atoms with Crippen molar-refractivity contribution < 1.29 is 18.3 Å². The Morgan fingerprint density at radius 2 is 1.91 bits per heavy atom. The van der Waals surface area contributed by atoms with E-state index in [1.54, 1.807) is 7.11 Å². The SMILES string of the molecule is CCCCC1=C(c2ccccc2OC)C(C)(C)OP1(=O)OCC. The van der Waals surface area contributed by atoms with Gasteiger partial charge in [0.2, 0.25) is 0 Å². The molecule has 0 fully saturated rings. The lowest BCUT2D eigenvalue weighted by Crippen LogP contribution is -2.21. The maximum atomic E-state index is 13.3. The summed E-state index contributed by atoms with van der Waals surface area (Å²) in [5.41, 5.74) is 1.20. The van der Waals surface area contributed by atoms with Crippen LogP contribution in [0.15, 0.2) is 29.6 Å². The minimum Gasteiger partial charge on any atom is -0.496 e. The van der Waals surface area contributed by atoms with Gasteiger partial charge in [-0.3, -0.25) is 9.09 Å². The maximum absolute atomic E-state index is 13.3. The van der Waals surface area contributed by atoms with Crippen LogP contribution in [0.2, 0.25) is 0 Å². The number of hydrogen-bond donors (Lipinski definition) is 0. The van der Waals surface area contributed by atoms with Crippen LogP contribution in [0, 0.1) is 0 Å². The van der Waals surface area contributed by atoms with Gasteiger partial charge in [0.05, 0.1) is 19.3 Å². The largest absolute Gasteiger partial charge is 0.496 e. The van der Waals surface area contributed by atoms with Crippen LogP contribution >= 0.6 is 7.60 Å². The number of rotatable bonds is 7. The van der Waals surface area contributed by atoms with Gasteiger partial charge in [-0.25, -0.2) is 0 Å². The van der Waals surface area contributed by atoms with Crippen molar-refractivity contribution in [1.29, 1.82) is 0 Å². The first-order chi connectivity index (χ1) is 10.9. The molecule has 1 aromatic rings. The van der Waals surface area contributed by atoms with Crippen LogP contribution in [0.1, 0.15) is 52.5 Å². The summed E-state index contributed by atoms with van der Waals surface area (Å²) in [5, 5.41) is 0.802. The quantitative estimate of drug-likeness (QED) is 0.604. The number of ether oxygens (including phenoxy) is 1. The fraction of sp³-hybridized carbons (Fsp3) is 0.556. The van der Waals surface area contributed by atoms with Gasteiger partial charge >= 0.3 is 7.60 Å². The second kappa shape index (κ2) is 7.21. The molecule has 1 aliphatic heterocycles. The molecule has 1 aromatic carbocycles. The smallest absolute Gasteiger partial charge is 0.358 e. The molecule has 1 aliphatic rings. The molecule has 0 amide bonds. The van der Waals surface area contributed by atoms with Crippen molar-refractivity contribution in [1.82, 2.24) is 0 Å². The summed E-state index contributed by atoms with van der Waals surface area (Å²) in [5.74, 6) is 0.762. The van der Waals surface area contributed by atoms with E-state index in [2.05, 4.69) is 6.92 Å². The van der Waals surface area contributed by atoms with Gasteiger partial charge in [0.1, 0.15) is 5.75 Å². The number of unbranched alkanes of at least 4 members (excludes halogenated alkanes) is 1. The van der Waals surface area contributed by atoms with Crippen molar-refractivity contribution in [2.24, 2.45) is 0 Å². The van der Waals surface area contributed by atoms with Gasteiger partial charge < -0.3 is 9.26 Å². The van der Waals surface area contributed by atoms with Crippen molar-refractivity contribution >= 4 is 13.2 Å². The molecule has 0 saturated heterocycles. The molecule has 23 heavy (non-hydrogen) atoms. The maximum Gasteiger partial charge on any atom is 0.358 e. The fourth-order valence-electron chi connectivity index (χ4n) is 3.10. The Morgan fingerprint density at radius 3 is 2.52 bits per heavy atom. The first-order valence-corrected chi connectivity index (χ1v) is 9.76. The predicted octanol–water partition coefficient (Wildman–Crippen LogP) is 5.63. The van der Waals surface area contributed by atoms with Crippen molar-refractivity contribution in [2.75, 3.05) is 13.7 Å². The molecule has 5 heteroatoms. The van der Waals surface area contributed by atoms with E-state index >= 15 is 0 Å². The Labute approximate surface area is 139 Å². The van der Waals surface area contributed by atoms with E-state index in [4.69, 9.17) is 13.8 Å². The second-order valence-corrected chi connectivity index (χ2v) is 8.12. The van der Waals surface area contributed by atoms with Crippen molar-refractivity contribution in [3.8, 4) is 5.75 Å². The number of benzene rings is 1. The molecule has 0 aromatic heterocycles. The van der Waals surface area contributed by atoms with Gasteiger partial charge in [-0.05, 0) is 39.7 Å². The summed E-state index contributed by atoms with van der Waals surface area (Å²) >= 11 is 0. The topological polar surface area (TPSA) is 44.8 Å². The normalized spacial score (nSPS) is 23.3. The lowest BCUT2D eigenvalue weighted by molar-refractivity contribution is 0.142. The molecule has 0 N–H and O–H groups in total. The zero-order chi connectivity index (χ0) is 17.1. The molecule has 0 radical (unpaired) electrons. The van der Waals surface area contributed by atoms with Gasteiger partial charge in [0.15, 0.2) is 0 Å². The van der Waals surface area contributed by atoms with E-state index in [-0.39, 0.29) is 0 Å². The van der Waals surface area contributed by atoms with E-state index in [1.165, 1.54) is 0 Å². The molecule has 1 heterocycles. The van der Waals surface area contributed by atoms with Crippen molar-refractivity contribution in [3.63, 3.8) is 0 Å². The molecular formula is C18H27O4P.